The van der Waals surface area contributed by atoms with Crippen LogP contribution in [-0.2, 0) is 19.4 Å². The number of aromatic nitrogens is 2. The van der Waals surface area contributed by atoms with Crippen molar-refractivity contribution in [1.29, 1.82) is 0 Å². The lowest BCUT2D eigenvalue weighted by atomic mass is 10.0. The average molecular weight is 255 g/mol. The topological polar surface area (TPSA) is 29.9 Å². The fourth-order valence-electron chi connectivity index (χ4n) is 2.23. The smallest absolute Gasteiger partial charge is 0.207 e. The van der Waals surface area contributed by atoms with Crippen LogP contribution in [0.15, 0.2) is 43.2 Å². The lowest BCUT2D eigenvalue weighted by molar-refractivity contribution is 0.832. The van der Waals surface area contributed by atoms with Gasteiger partial charge in [0.2, 0.25) is 5.95 Å². The molecule has 0 amide bonds. The Morgan fingerprint density at radius 2 is 1.95 bits per heavy atom. The number of anilines is 2. The van der Waals surface area contributed by atoms with Crippen LogP contribution in [0.25, 0.3) is 0 Å². The molecular weight excluding hydrogens is 234 g/mol. The molecule has 3 nitrogen and oxygen atoms in total. The molecular formula is C16H21N3. The molecule has 1 N–H and O–H groups in total. The van der Waals surface area contributed by atoms with Crippen LogP contribution in [0.5, 0.6) is 0 Å². The highest BCUT2D eigenvalue weighted by Gasteiger charge is 2.09. The van der Waals surface area contributed by atoms with Gasteiger partial charge in [-0.2, -0.15) is 0 Å². The number of para-hydroxylation sites is 1. The molecule has 0 bridgehead atoms. The SMILES string of the molecule is C=CCn1ccnc1Nc1c(CC)cccc1CC. The maximum absolute atomic E-state index is 4.38. The van der Waals surface area contributed by atoms with Crippen LogP contribution >= 0.6 is 0 Å². The van der Waals surface area contributed by atoms with Crippen LogP contribution in [-0.4, -0.2) is 9.55 Å². The van der Waals surface area contributed by atoms with E-state index in [-0.39, 0.29) is 0 Å². The monoisotopic (exact) mass is 255 g/mol. The summed E-state index contributed by atoms with van der Waals surface area (Å²) in [7, 11) is 0. The summed E-state index contributed by atoms with van der Waals surface area (Å²) in [6.07, 6.45) is 7.67. The molecule has 19 heavy (non-hydrogen) atoms. The van der Waals surface area contributed by atoms with Crippen molar-refractivity contribution in [2.45, 2.75) is 33.2 Å². The van der Waals surface area contributed by atoms with Gasteiger partial charge in [0.25, 0.3) is 0 Å². The Morgan fingerprint density at radius 1 is 1.26 bits per heavy atom. The summed E-state index contributed by atoms with van der Waals surface area (Å²) in [5.74, 6) is 0.871. The number of benzene rings is 1. The number of rotatable bonds is 6. The van der Waals surface area contributed by atoms with Crippen LogP contribution in [0.4, 0.5) is 11.6 Å². The molecule has 0 radical (unpaired) electrons. The second-order valence-electron chi connectivity index (χ2n) is 4.48. The molecule has 0 spiro atoms. The van der Waals surface area contributed by atoms with Gasteiger partial charge >= 0.3 is 0 Å². The number of allylic oxidation sites excluding steroid dienone is 1. The number of imidazole rings is 1. The number of aryl methyl sites for hydroxylation is 2. The fourth-order valence-corrected chi connectivity index (χ4v) is 2.23. The summed E-state index contributed by atoms with van der Waals surface area (Å²) in [6.45, 7) is 8.89. The summed E-state index contributed by atoms with van der Waals surface area (Å²) in [4.78, 5) is 4.38. The summed E-state index contributed by atoms with van der Waals surface area (Å²) < 4.78 is 2.05. The van der Waals surface area contributed by atoms with E-state index in [2.05, 4.69) is 53.5 Å². The van der Waals surface area contributed by atoms with Gasteiger partial charge in [-0.25, -0.2) is 4.98 Å². The van der Waals surface area contributed by atoms with E-state index in [0.29, 0.717) is 0 Å². The first-order valence-electron chi connectivity index (χ1n) is 6.80. The van der Waals surface area contributed by atoms with Crippen molar-refractivity contribution in [2.75, 3.05) is 5.32 Å². The molecule has 0 fully saturated rings. The van der Waals surface area contributed by atoms with Gasteiger partial charge in [-0.1, -0.05) is 38.1 Å². The van der Waals surface area contributed by atoms with Gasteiger partial charge in [0, 0.05) is 24.6 Å². The largest absolute Gasteiger partial charge is 0.325 e. The third-order valence-electron chi connectivity index (χ3n) is 3.28. The zero-order valence-corrected chi connectivity index (χ0v) is 11.7. The minimum Gasteiger partial charge on any atom is -0.325 e. The van der Waals surface area contributed by atoms with Gasteiger partial charge in [0.05, 0.1) is 0 Å². The molecule has 0 aliphatic carbocycles. The summed E-state index contributed by atoms with van der Waals surface area (Å²) in [6, 6.07) is 6.46. The third-order valence-corrected chi connectivity index (χ3v) is 3.28. The van der Waals surface area contributed by atoms with Crippen LogP contribution in [0, 0.1) is 0 Å². The zero-order chi connectivity index (χ0) is 13.7. The van der Waals surface area contributed by atoms with Crippen molar-refractivity contribution in [3.05, 3.63) is 54.4 Å². The van der Waals surface area contributed by atoms with Crippen molar-refractivity contribution >= 4 is 11.6 Å². The maximum atomic E-state index is 4.38. The van der Waals surface area contributed by atoms with Gasteiger partial charge in [-0.15, -0.1) is 6.58 Å². The van der Waals surface area contributed by atoms with Crippen LogP contribution in [0.3, 0.4) is 0 Å². The average Bonchev–Trinajstić information content (AvgIpc) is 2.87. The molecule has 1 heterocycles. The van der Waals surface area contributed by atoms with Crippen molar-refractivity contribution < 1.29 is 0 Å². The summed E-state index contributed by atoms with van der Waals surface area (Å²) in [5, 5.41) is 3.48. The summed E-state index contributed by atoms with van der Waals surface area (Å²) in [5.41, 5.74) is 3.85. The fraction of sp³-hybridized carbons (Fsp3) is 0.312. The Labute approximate surface area is 115 Å². The first kappa shape index (κ1) is 13.4. The predicted molar refractivity (Wildman–Crippen MR) is 80.9 cm³/mol. The van der Waals surface area contributed by atoms with E-state index in [1.165, 1.54) is 16.8 Å². The van der Waals surface area contributed by atoms with Gasteiger partial charge < -0.3 is 9.88 Å². The molecule has 0 saturated heterocycles. The molecule has 0 unspecified atom stereocenters. The Morgan fingerprint density at radius 3 is 2.53 bits per heavy atom. The molecule has 1 aromatic carbocycles. The molecule has 0 saturated carbocycles. The normalized spacial score (nSPS) is 10.4. The van der Waals surface area contributed by atoms with Gasteiger partial charge in [-0.05, 0) is 24.0 Å². The number of hydrogen-bond acceptors (Lipinski definition) is 2. The van der Waals surface area contributed by atoms with E-state index in [0.717, 1.165) is 25.3 Å². The zero-order valence-electron chi connectivity index (χ0n) is 11.7. The molecule has 0 aliphatic heterocycles. The second kappa shape index (κ2) is 6.23. The van der Waals surface area contributed by atoms with E-state index >= 15 is 0 Å². The van der Waals surface area contributed by atoms with E-state index in [9.17, 15) is 0 Å². The first-order chi connectivity index (χ1) is 9.30. The molecule has 0 aliphatic rings. The first-order valence-corrected chi connectivity index (χ1v) is 6.80. The van der Waals surface area contributed by atoms with E-state index in [1.54, 1.807) is 0 Å². The lowest BCUT2D eigenvalue weighted by Crippen LogP contribution is -2.06. The Kier molecular flexibility index (Phi) is 4.39. The molecule has 0 atom stereocenters. The van der Waals surface area contributed by atoms with Gasteiger partial charge in [0.15, 0.2) is 0 Å². The van der Waals surface area contributed by atoms with Crippen LogP contribution in [0.2, 0.25) is 0 Å². The maximum Gasteiger partial charge on any atom is 0.207 e. The van der Waals surface area contributed by atoms with Crippen LogP contribution in [0.1, 0.15) is 25.0 Å². The Bertz CT molecular complexity index is 533. The molecule has 2 rings (SSSR count). The standard InChI is InChI=1S/C16H21N3/c1-4-11-19-12-10-17-16(19)18-15-13(5-2)8-7-9-14(15)6-3/h4,7-10,12H,1,5-6,11H2,2-3H3,(H,17,18). The van der Waals surface area contributed by atoms with E-state index in [4.69, 9.17) is 0 Å². The number of nitrogens with zero attached hydrogens (tertiary/aromatic N) is 2. The second-order valence-corrected chi connectivity index (χ2v) is 4.48. The van der Waals surface area contributed by atoms with E-state index < -0.39 is 0 Å². The highest BCUT2D eigenvalue weighted by Crippen LogP contribution is 2.25. The molecule has 100 valence electrons. The quantitative estimate of drug-likeness (QED) is 0.792. The Balaban J connectivity index is 2.36. The summed E-state index contributed by atoms with van der Waals surface area (Å²) >= 11 is 0. The predicted octanol–water partition coefficient (Wildman–Crippen LogP) is 3.94. The Hall–Kier alpha value is -2.03. The van der Waals surface area contributed by atoms with E-state index in [1.807, 2.05) is 18.5 Å². The molecule has 3 heteroatoms. The van der Waals surface area contributed by atoms with Crippen molar-refractivity contribution in [3.63, 3.8) is 0 Å². The lowest BCUT2D eigenvalue weighted by Gasteiger charge is -2.15. The number of nitrogens with one attached hydrogen (secondary N) is 1. The van der Waals surface area contributed by atoms with Crippen molar-refractivity contribution in [3.8, 4) is 0 Å². The highest BCUT2D eigenvalue weighted by molar-refractivity contribution is 5.63. The van der Waals surface area contributed by atoms with Crippen molar-refractivity contribution in [1.82, 2.24) is 9.55 Å². The van der Waals surface area contributed by atoms with Gasteiger partial charge in [0.1, 0.15) is 0 Å². The minimum absolute atomic E-state index is 0.762. The minimum atomic E-state index is 0.762. The number of hydrogen-bond donors (Lipinski definition) is 1. The van der Waals surface area contributed by atoms with Crippen LogP contribution < -0.4 is 5.32 Å². The third kappa shape index (κ3) is 2.87. The molecule has 2 aromatic rings. The van der Waals surface area contributed by atoms with Crippen molar-refractivity contribution in [2.24, 2.45) is 0 Å². The highest BCUT2D eigenvalue weighted by atomic mass is 15.2. The van der Waals surface area contributed by atoms with Gasteiger partial charge in [-0.3, -0.25) is 0 Å². The molecule has 1 aromatic heterocycles.